The molecule has 0 saturated carbocycles. The Balaban J connectivity index is 1.58. The number of nitrogens with one attached hydrogen (secondary N) is 1. The third-order valence-corrected chi connectivity index (χ3v) is 6.18. The van der Waals surface area contributed by atoms with Gasteiger partial charge in [0, 0.05) is 19.0 Å². The number of esters is 1. The van der Waals surface area contributed by atoms with Gasteiger partial charge in [-0.25, -0.2) is 9.59 Å². The van der Waals surface area contributed by atoms with E-state index < -0.39 is 55.1 Å². The van der Waals surface area contributed by atoms with Crippen LogP contribution in [0.5, 0.6) is 0 Å². The molecule has 1 aromatic carbocycles. The number of carbonyl (C=O) groups excluding carboxylic acids is 3. The Morgan fingerprint density at radius 2 is 1.88 bits per heavy atom. The molecule has 11 nitrogen and oxygen atoms in total. The molecule has 1 aliphatic heterocycles. The zero-order valence-corrected chi connectivity index (χ0v) is 22.1. The van der Waals surface area contributed by atoms with Crippen molar-refractivity contribution in [3.63, 3.8) is 0 Å². The summed E-state index contributed by atoms with van der Waals surface area (Å²) in [5.41, 5.74) is -0.431. The molecule has 40 heavy (non-hydrogen) atoms. The molecule has 3 atom stereocenters. The third kappa shape index (κ3) is 8.39. The Hall–Kier alpha value is -3.71. The Labute approximate surface area is 229 Å². The monoisotopic (exact) mass is 565 g/mol. The van der Waals surface area contributed by atoms with Crippen LogP contribution >= 0.6 is 0 Å². The fraction of sp³-hybridized carbons (Fsp3) is 0.519. The number of aliphatic hydroxyl groups is 1. The van der Waals surface area contributed by atoms with Crippen molar-refractivity contribution < 1.29 is 42.5 Å². The summed E-state index contributed by atoms with van der Waals surface area (Å²) in [6.07, 6.45) is -3.02. The maximum Gasteiger partial charge on any atom is 0.412 e. The van der Waals surface area contributed by atoms with Crippen LogP contribution in [0.15, 0.2) is 47.4 Å². The molecule has 2 aromatic rings. The minimum Gasteiger partial charge on any atom is -0.453 e. The number of alkyl halides is 2. The molecule has 2 N–H and O–H groups in total. The van der Waals surface area contributed by atoms with Crippen molar-refractivity contribution in [2.45, 2.75) is 76.2 Å². The van der Waals surface area contributed by atoms with Crippen LogP contribution < -0.4 is 11.0 Å². The van der Waals surface area contributed by atoms with Gasteiger partial charge in [0.15, 0.2) is 6.10 Å². The molecule has 218 valence electrons. The molecule has 2 heterocycles. The number of unbranched alkanes of at least 4 members (excludes halogenated alkanes) is 3. The van der Waals surface area contributed by atoms with Gasteiger partial charge in [-0.1, -0.05) is 56.5 Å². The van der Waals surface area contributed by atoms with E-state index in [4.69, 9.17) is 14.2 Å². The second-order valence-electron chi connectivity index (χ2n) is 9.32. The van der Waals surface area contributed by atoms with Crippen molar-refractivity contribution in [3.05, 3.63) is 58.6 Å². The Morgan fingerprint density at radius 1 is 1.12 bits per heavy atom. The summed E-state index contributed by atoms with van der Waals surface area (Å²) in [5, 5.41) is 11.8. The summed E-state index contributed by atoms with van der Waals surface area (Å²) in [6.45, 7) is 1.29. The number of nitrogens with zero attached hydrogens (tertiary/aromatic N) is 2. The van der Waals surface area contributed by atoms with Gasteiger partial charge in [-0.2, -0.15) is 13.8 Å². The highest BCUT2D eigenvalue weighted by Gasteiger charge is 2.62. The van der Waals surface area contributed by atoms with Crippen molar-refractivity contribution in [1.82, 2.24) is 9.55 Å². The topological polar surface area (TPSA) is 146 Å². The number of aliphatic hydroxyl groups excluding tert-OH is 1. The number of ether oxygens (including phenoxy) is 3. The van der Waals surface area contributed by atoms with Crippen molar-refractivity contribution in [3.8, 4) is 0 Å². The Morgan fingerprint density at radius 3 is 2.55 bits per heavy atom. The van der Waals surface area contributed by atoms with Crippen molar-refractivity contribution in [2.24, 2.45) is 0 Å². The molecular formula is C27H33F2N3O8. The number of benzene rings is 1. The maximum atomic E-state index is 15.3. The zero-order valence-electron chi connectivity index (χ0n) is 22.1. The number of ketones is 1. The number of aromatic nitrogens is 2. The number of anilines is 1. The molecule has 3 rings (SSSR count). The number of carbonyl (C=O) groups is 3. The van der Waals surface area contributed by atoms with Gasteiger partial charge in [0.25, 0.3) is 0 Å². The normalized spacial score (nSPS) is 19.6. The molecule has 13 heteroatoms. The summed E-state index contributed by atoms with van der Waals surface area (Å²) in [7, 11) is 0. The average Bonchev–Trinajstić information content (AvgIpc) is 3.17. The van der Waals surface area contributed by atoms with Crippen LogP contribution in [0.2, 0.25) is 0 Å². The Bertz CT molecular complexity index is 1210. The van der Waals surface area contributed by atoms with E-state index in [-0.39, 0.29) is 31.0 Å². The zero-order chi connectivity index (χ0) is 29.1. The summed E-state index contributed by atoms with van der Waals surface area (Å²) >= 11 is 0. The van der Waals surface area contributed by atoms with Crippen LogP contribution in [-0.2, 0) is 30.2 Å². The first-order valence-electron chi connectivity index (χ1n) is 13.1. The van der Waals surface area contributed by atoms with Crippen LogP contribution in [0.1, 0.15) is 57.2 Å². The number of amides is 1. The summed E-state index contributed by atoms with van der Waals surface area (Å²) in [5.74, 6) is -5.51. The molecule has 0 spiro atoms. The van der Waals surface area contributed by atoms with Crippen molar-refractivity contribution >= 4 is 23.7 Å². The van der Waals surface area contributed by atoms with E-state index in [9.17, 15) is 24.3 Å². The number of hydrogen-bond donors (Lipinski definition) is 2. The lowest BCUT2D eigenvalue weighted by molar-refractivity contribution is -0.176. The van der Waals surface area contributed by atoms with Crippen LogP contribution in [-0.4, -0.2) is 63.8 Å². The molecule has 0 bridgehead atoms. The molecule has 1 aliphatic rings. The maximum absolute atomic E-state index is 15.3. The standard InChI is InChI=1S/C27H33F2N3O8/c1-2-3-4-8-15-38-26(37)31-21-13-14-32(25(36)30-21)24-27(28,29)23(20(17-33)39-24)40-22(35)12-11-19(34)16-18-9-6-5-7-10-18/h5-7,9-10,13-14,20,23-24,33H,2-4,8,11-12,15-17H2,1H3,(H,30,31,36,37)/t20-,23-,24-/m1/s1. The SMILES string of the molecule is CCCCCCOC(=O)Nc1ccn([C@@H]2O[C@H](CO)[C@@H](OC(=O)CCC(=O)Cc3ccccc3)C2(F)F)c(=O)n1. The first-order chi connectivity index (χ1) is 19.1. The number of hydrogen-bond acceptors (Lipinski definition) is 9. The van der Waals surface area contributed by atoms with E-state index in [1.165, 1.54) is 0 Å². The third-order valence-electron chi connectivity index (χ3n) is 6.18. The quantitative estimate of drug-likeness (QED) is 0.260. The minimum atomic E-state index is -3.94. The van der Waals surface area contributed by atoms with Gasteiger partial charge < -0.3 is 19.3 Å². The molecule has 1 saturated heterocycles. The van der Waals surface area contributed by atoms with Crippen molar-refractivity contribution in [1.29, 1.82) is 0 Å². The predicted molar refractivity (Wildman–Crippen MR) is 138 cm³/mol. The fourth-order valence-electron chi connectivity index (χ4n) is 4.11. The molecule has 0 aliphatic carbocycles. The molecular weight excluding hydrogens is 532 g/mol. The predicted octanol–water partition coefficient (Wildman–Crippen LogP) is 3.40. The highest BCUT2D eigenvalue weighted by Crippen LogP contribution is 2.44. The largest absolute Gasteiger partial charge is 0.453 e. The molecule has 1 aromatic heterocycles. The second kappa shape index (κ2) is 14.6. The summed E-state index contributed by atoms with van der Waals surface area (Å²) in [6, 6.07) is 9.92. The van der Waals surface area contributed by atoms with Crippen LogP contribution in [0.3, 0.4) is 0 Å². The van der Waals surface area contributed by atoms with Crippen molar-refractivity contribution in [2.75, 3.05) is 18.5 Å². The number of Topliss-reactive ketones (excluding diaryl/α,β-unsaturated/α-hetero) is 1. The molecule has 0 radical (unpaired) electrons. The summed E-state index contributed by atoms with van der Waals surface area (Å²) < 4.78 is 46.2. The van der Waals surface area contributed by atoms with Crippen LogP contribution in [0, 0.1) is 0 Å². The number of halogens is 2. The van der Waals surface area contributed by atoms with Gasteiger partial charge in [0.1, 0.15) is 17.7 Å². The van der Waals surface area contributed by atoms with Crippen LogP contribution in [0.25, 0.3) is 0 Å². The van der Waals surface area contributed by atoms with E-state index in [2.05, 4.69) is 10.3 Å². The van der Waals surface area contributed by atoms with E-state index in [0.29, 0.717) is 11.0 Å². The minimum absolute atomic E-state index is 0.0790. The first-order valence-corrected chi connectivity index (χ1v) is 13.1. The van der Waals surface area contributed by atoms with Gasteiger partial charge in [-0.15, -0.1) is 0 Å². The van der Waals surface area contributed by atoms with Gasteiger partial charge >= 0.3 is 23.7 Å². The Kier molecular flexibility index (Phi) is 11.3. The molecule has 0 unspecified atom stereocenters. The van der Waals surface area contributed by atoms with Gasteiger partial charge in [-0.05, 0) is 18.1 Å². The average molecular weight is 566 g/mol. The van der Waals surface area contributed by atoms with E-state index in [0.717, 1.165) is 37.1 Å². The van der Waals surface area contributed by atoms with Gasteiger partial charge in [-0.3, -0.25) is 19.5 Å². The summed E-state index contributed by atoms with van der Waals surface area (Å²) in [4.78, 5) is 52.5. The molecule has 1 fully saturated rings. The number of rotatable bonds is 14. The van der Waals surface area contributed by atoms with E-state index in [1.54, 1.807) is 30.3 Å². The lowest BCUT2D eigenvalue weighted by atomic mass is 10.1. The fourth-order valence-corrected chi connectivity index (χ4v) is 4.11. The lowest BCUT2D eigenvalue weighted by Gasteiger charge is -2.24. The lowest BCUT2D eigenvalue weighted by Crippen LogP contribution is -2.44. The van der Waals surface area contributed by atoms with Crippen LogP contribution in [0.4, 0.5) is 19.4 Å². The second-order valence-corrected chi connectivity index (χ2v) is 9.32. The smallest absolute Gasteiger partial charge is 0.412 e. The van der Waals surface area contributed by atoms with Gasteiger partial charge in [0.2, 0.25) is 6.23 Å². The highest BCUT2D eigenvalue weighted by atomic mass is 19.3. The van der Waals surface area contributed by atoms with E-state index in [1.807, 2.05) is 6.92 Å². The molecule has 1 amide bonds. The van der Waals surface area contributed by atoms with Gasteiger partial charge in [0.05, 0.1) is 19.6 Å². The van der Waals surface area contributed by atoms with E-state index >= 15 is 8.78 Å². The first kappa shape index (κ1) is 30.8. The highest BCUT2D eigenvalue weighted by molar-refractivity contribution is 5.84.